The Kier molecular flexibility index (Phi) is 4.37. The van der Waals surface area contributed by atoms with Gasteiger partial charge >= 0.3 is 0 Å². The molecule has 0 aromatic heterocycles. The molecule has 4 heteroatoms. The lowest BCUT2D eigenvalue weighted by Crippen LogP contribution is -2.09. The molecule has 0 aliphatic carbocycles. The molecule has 2 nitrogen and oxygen atoms in total. The van der Waals surface area contributed by atoms with E-state index in [0.29, 0.717) is 6.61 Å². The molecule has 0 aliphatic heterocycles. The Morgan fingerprint density at radius 3 is 2.50 bits per heavy atom. The van der Waals surface area contributed by atoms with Crippen molar-refractivity contribution in [3.05, 3.63) is 12.7 Å². The maximum atomic E-state index is 5.37. The molecule has 0 aromatic rings. The summed E-state index contributed by atoms with van der Waals surface area (Å²) in [6.45, 7) is 6.05. The molecule has 0 fully saturated rings. The SMILES string of the molecule is C=CCOP(C)(=S)N(C)C. The van der Waals surface area contributed by atoms with Crippen LogP contribution in [0.4, 0.5) is 0 Å². The van der Waals surface area contributed by atoms with Crippen LogP contribution in [-0.4, -0.2) is 32.0 Å². The van der Waals surface area contributed by atoms with E-state index < -0.39 is 6.42 Å². The molecule has 0 rings (SSSR count). The summed E-state index contributed by atoms with van der Waals surface area (Å²) in [6, 6.07) is 0. The highest BCUT2D eigenvalue weighted by atomic mass is 32.4. The molecule has 0 saturated carbocycles. The highest BCUT2D eigenvalue weighted by Crippen LogP contribution is 2.44. The summed E-state index contributed by atoms with van der Waals surface area (Å²) in [5.74, 6) is 0. The highest BCUT2D eigenvalue weighted by molar-refractivity contribution is 8.10. The molecule has 0 radical (unpaired) electrons. The van der Waals surface area contributed by atoms with Gasteiger partial charge in [-0.3, -0.25) is 4.67 Å². The third kappa shape index (κ3) is 3.47. The third-order valence-electron chi connectivity index (χ3n) is 1.16. The fourth-order valence-electron chi connectivity index (χ4n) is 0.306. The van der Waals surface area contributed by atoms with Crippen molar-refractivity contribution in [2.24, 2.45) is 0 Å². The molecule has 1 atom stereocenters. The number of hydrogen-bond acceptors (Lipinski definition) is 2. The van der Waals surface area contributed by atoms with Crippen LogP contribution in [0.15, 0.2) is 12.7 Å². The predicted molar refractivity (Wildman–Crippen MR) is 50.0 cm³/mol. The topological polar surface area (TPSA) is 12.5 Å². The Bertz CT molecular complexity index is 158. The number of hydrogen-bond donors (Lipinski definition) is 0. The molecular weight excluding hydrogens is 165 g/mol. The molecule has 10 heavy (non-hydrogen) atoms. The van der Waals surface area contributed by atoms with Crippen molar-refractivity contribution < 1.29 is 4.52 Å². The Balaban J connectivity index is 3.87. The van der Waals surface area contributed by atoms with Gasteiger partial charge in [0, 0.05) is 6.66 Å². The molecule has 0 aliphatic rings. The molecule has 0 N–H and O–H groups in total. The van der Waals surface area contributed by atoms with Crippen LogP contribution in [0, 0.1) is 0 Å². The summed E-state index contributed by atoms with van der Waals surface area (Å²) in [7, 11) is 3.87. The van der Waals surface area contributed by atoms with E-state index in [1.54, 1.807) is 6.08 Å². The summed E-state index contributed by atoms with van der Waals surface area (Å²) in [6.07, 6.45) is 0.0307. The molecule has 0 spiro atoms. The van der Waals surface area contributed by atoms with Crippen LogP contribution in [0.5, 0.6) is 0 Å². The molecule has 0 aromatic carbocycles. The van der Waals surface area contributed by atoms with Gasteiger partial charge in [0.1, 0.15) is 6.42 Å². The van der Waals surface area contributed by atoms with Crippen LogP contribution in [0.25, 0.3) is 0 Å². The maximum Gasteiger partial charge on any atom is 0.128 e. The first-order chi connectivity index (χ1) is 4.50. The van der Waals surface area contributed by atoms with E-state index in [2.05, 4.69) is 6.58 Å². The smallest absolute Gasteiger partial charge is 0.128 e. The molecule has 0 bridgehead atoms. The average molecular weight is 179 g/mol. The third-order valence-corrected chi connectivity index (χ3v) is 4.54. The van der Waals surface area contributed by atoms with Crippen LogP contribution in [0.3, 0.4) is 0 Å². The minimum absolute atomic E-state index is 0.548. The van der Waals surface area contributed by atoms with E-state index >= 15 is 0 Å². The van der Waals surface area contributed by atoms with Gasteiger partial charge in [-0.15, -0.1) is 6.58 Å². The van der Waals surface area contributed by atoms with Crippen molar-refractivity contribution in [1.82, 2.24) is 4.67 Å². The van der Waals surface area contributed by atoms with Crippen molar-refractivity contribution >= 4 is 18.2 Å². The molecule has 0 amide bonds. The first-order valence-corrected chi connectivity index (χ1v) is 6.13. The van der Waals surface area contributed by atoms with Crippen molar-refractivity contribution in [1.29, 1.82) is 0 Å². The second-order valence-electron chi connectivity index (χ2n) is 2.23. The second-order valence-corrected chi connectivity index (χ2v) is 6.93. The molecule has 1 unspecified atom stereocenters. The van der Waals surface area contributed by atoms with E-state index in [9.17, 15) is 0 Å². The van der Waals surface area contributed by atoms with Crippen molar-refractivity contribution in [2.45, 2.75) is 0 Å². The first kappa shape index (κ1) is 10.3. The van der Waals surface area contributed by atoms with E-state index in [1.807, 2.05) is 25.4 Å². The van der Waals surface area contributed by atoms with Crippen LogP contribution < -0.4 is 0 Å². The van der Waals surface area contributed by atoms with Gasteiger partial charge in [0.15, 0.2) is 0 Å². The van der Waals surface area contributed by atoms with Gasteiger partial charge in [0.2, 0.25) is 0 Å². The van der Waals surface area contributed by atoms with Crippen molar-refractivity contribution in [2.75, 3.05) is 27.4 Å². The van der Waals surface area contributed by atoms with Crippen molar-refractivity contribution in [3.63, 3.8) is 0 Å². The Morgan fingerprint density at radius 1 is 1.70 bits per heavy atom. The summed E-state index contributed by atoms with van der Waals surface area (Å²) < 4.78 is 7.32. The minimum Gasteiger partial charge on any atom is -0.334 e. The van der Waals surface area contributed by atoms with E-state index in [4.69, 9.17) is 16.3 Å². The van der Waals surface area contributed by atoms with E-state index in [-0.39, 0.29) is 0 Å². The van der Waals surface area contributed by atoms with Gasteiger partial charge in [-0.1, -0.05) is 17.9 Å². The number of rotatable bonds is 4. The van der Waals surface area contributed by atoms with Crippen LogP contribution in [0.1, 0.15) is 0 Å². The van der Waals surface area contributed by atoms with E-state index in [0.717, 1.165) is 0 Å². The van der Waals surface area contributed by atoms with Crippen molar-refractivity contribution in [3.8, 4) is 0 Å². The second kappa shape index (κ2) is 4.24. The predicted octanol–water partition coefficient (Wildman–Crippen LogP) is 1.69. The lowest BCUT2D eigenvalue weighted by Gasteiger charge is -2.23. The van der Waals surface area contributed by atoms with Crippen LogP contribution in [0.2, 0.25) is 0 Å². The maximum absolute atomic E-state index is 5.37. The standard InChI is InChI=1S/C6H14NOPS/c1-5-6-8-9(4,10)7(2)3/h5H,1,6H2,2-4H3. The van der Waals surface area contributed by atoms with Gasteiger partial charge in [-0.25, -0.2) is 0 Å². The van der Waals surface area contributed by atoms with Crippen LogP contribution >= 0.6 is 6.42 Å². The average Bonchev–Trinajstić information content (AvgIpc) is 1.84. The normalized spacial score (nSPS) is 16.8. The van der Waals surface area contributed by atoms with Gasteiger partial charge in [0.05, 0.1) is 6.61 Å². The molecular formula is C6H14NOPS. The van der Waals surface area contributed by atoms with Gasteiger partial charge in [-0.05, 0) is 14.1 Å². The zero-order valence-corrected chi connectivity index (χ0v) is 8.41. The minimum atomic E-state index is -1.69. The zero-order valence-electron chi connectivity index (χ0n) is 6.70. The van der Waals surface area contributed by atoms with Crippen LogP contribution in [-0.2, 0) is 16.3 Å². The van der Waals surface area contributed by atoms with Gasteiger partial charge < -0.3 is 4.52 Å². The highest BCUT2D eigenvalue weighted by Gasteiger charge is 2.11. The zero-order chi connectivity index (χ0) is 8.20. The quantitative estimate of drug-likeness (QED) is 0.481. The molecule has 0 saturated heterocycles. The van der Waals surface area contributed by atoms with Gasteiger partial charge in [-0.2, -0.15) is 0 Å². The van der Waals surface area contributed by atoms with Gasteiger partial charge in [0.25, 0.3) is 0 Å². The summed E-state index contributed by atoms with van der Waals surface area (Å²) in [4.78, 5) is 0. The Labute approximate surface area is 68.0 Å². The largest absolute Gasteiger partial charge is 0.334 e. The Hall–Kier alpha value is 0.310. The summed E-state index contributed by atoms with van der Waals surface area (Å²) in [5, 5.41) is 0. The summed E-state index contributed by atoms with van der Waals surface area (Å²) in [5.41, 5.74) is 0. The fourth-order valence-corrected chi connectivity index (χ4v) is 1.10. The lowest BCUT2D eigenvalue weighted by atomic mass is 10.7. The Morgan fingerprint density at radius 2 is 2.20 bits per heavy atom. The first-order valence-electron chi connectivity index (χ1n) is 3.01. The van der Waals surface area contributed by atoms with E-state index in [1.165, 1.54) is 0 Å². The number of nitrogens with zero attached hydrogens (tertiary/aromatic N) is 1. The molecule has 0 heterocycles. The summed E-state index contributed by atoms with van der Waals surface area (Å²) >= 11 is 5.20. The molecule has 60 valence electrons. The fraction of sp³-hybridized carbons (Fsp3) is 0.667. The lowest BCUT2D eigenvalue weighted by molar-refractivity contribution is 0.373. The monoisotopic (exact) mass is 179 g/mol.